The lowest BCUT2D eigenvalue weighted by atomic mass is 10.1. The number of aliphatic hydroxyl groups is 1. The molecule has 1 aromatic carbocycles. The van der Waals surface area contributed by atoms with Crippen molar-refractivity contribution in [2.45, 2.75) is 39.7 Å². The van der Waals surface area contributed by atoms with Gasteiger partial charge in [-0.15, -0.1) is 0 Å². The van der Waals surface area contributed by atoms with Crippen LogP contribution in [0.1, 0.15) is 38.7 Å². The van der Waals surface area contributed by atoms with Crippen LogP contribution in [0.15, 0.2) is 24.3 Å². The highest BCUT2D eigenvalue weighted by atomic mass is 16.2. The van der Waals surface area contributed by atoms with Gasteiger partial charge in [0.2, 0.25) is 0 Å². The van der Waals surface area contributed by atoms with Crippen LogP contribution in [0.5, 0.6) is 0 Å². The van der Waals surface area contributed by atoms with Crippen molar-refractivity contribution in [2.75, 3.05) is 31.6 Å². The second kappa shape index (κ2) is 9.78. The highest BCUT2D eigenvalue weighted by Crippen LogP contribution is 2.19. The molecule has 3 nitrogen and oxygen atoms in total. The molecule has 0 amide bonds. The number of anilines is 1. The number of aliphatic hydroxyl groups excluding tert-OH is 1. The molecule has 0 radical (unpaired) electrons. The lowest BCUT2D eigenvalue weighted by molar-refractivity contribution is 0.283. The average molecular weight is 278 g/mol. The van der Waals surface area contributed by atoms with Gasteiger partial charge in [-0.1, -0.05) is 32.0 Å². The maximum Gasteiger partial charge on any atom is 0.0431 e. The Morgan fingerprint density at radius 1 is 1.15 bits per heavy atom. The number of hydrogen-bond donors (Lipinski definition) is 2. The largest absolute Gasteiger partial charge is 0.396 e. The van der Waals surface area contributed by atoms with Crippen LogP contribution in [-0.2, 0) is 6.54 Å². The van der Waals surface area contributed by atoms with Crippen molar-refractivity contribution in [2.24, 2.45) is 5.92 Å². The number of nitrogens with zero attached hydrogens (tertiary/aromatic N) is 1. The van der Waals surface area contributed by atoms with Crippen LogP contribution in [-0.4, -0.2) is 31.9 Å². The van der Waals surface area contributed by atoms with Crippen molar-refractivity contribution in [3.8, 4) is 0 Å². The number of rotatable bonds is 10. The van der Waals surface area contributed by atoms with E-state index in [0.29, 0.717) is 12.5 Å². The van der Waals surface area contributed by atoms with Gasteiger partial charge in [0.25, 0.3) is 0 Å². The van der Waals surface area contributed by atoms with Crippen molar-refractivity contribution >= 4 is 5.69 Å². The second-order valence-corrected chi connectivity index (χ2v) is 5.86. The Hall–Kier alpha value is -1.06. The molecule has 0 aliphatic carbocycles. The molecule has 0 heterocycles. The van der Waals surface area contributed by atoms with Gasteiger partial charge in [0.15, 0.2) is 0 Å². The average Bonchev–Trinajstić information content (AvgIpc) is 2.43. The monoisotopic (exact) mass is 278 g/mol. The Labute approximate surface area is 124 Å². The maximum atomic E-state index is 8.81. The summed E-state index contributed by atoms with van der Waals surface area (Å²) in [5.41, 5.74) is 2.67. The fraction of sp³-hybridized carbons (Fsp3) is 0.647. The summed E-state index contributed by atoms with van der Waals surface area (Å²) in [6.07, 6.45) is 3.13. The van der Waals surface area contributed by atoms with E-state index in [1.807, 2.05) is 0 Å². The van der Waals surface area contributed by atoms with E-state index in [1.54, 1.807) is 0 Å². The summed E-state index contributed by atoms with van der Waals surface area (Å²) in [6, 6.07) is 8.60. The van der Waals surface area contributed by atoms with E-state index >= 15 is 0 Å². The van der Waals surface area contributed by atoms with Gasteiger partial charge in [-0.2, -0.15) is 0 Å². The van der Waals surface area contributed by atoms with Crippen LogP contribution in [0.2, 0.25) is 0 Å². The molecule has 0 bridgehead atoms. The van der Waals surface area contributed by atoms with Crippen molar-refractivity contribution in [1.29, 1.82) is 0 Å². The van der Waals surface area contributed by atoms with E-state index in [4.69, 9.17) is 5.11 Å². The molecule has 0 saturated carbocycles. The molecule has 1 rings (SSSR count). The topological polar surface area (TPSA) is 35.5 Å². The van der Waals surface area contributed by atoms with E-state index in [-0.39, 0.29) is 0 Å². The van der Waals surface area contributed by atoms with Crippen LogP contribution < -0.4 is 10.2 Å². The number of benzene rings is 1. The fourth-order valence-electron chi connectivity index (χ4n) is 2.29. The van der Waals surface area contributed by atoms with Crippen molar-refractivity contribution in [3.63, 3.8) is 0 Å². The van der Waals surface area contributed by atoms with Gasteiger partial charge in [-0.25, -0.2) is 0 Å². The minimum Gasteiger partial charge on any atom is -0.396 e. The molecule has 0 aromatic heterocycles. The van der Waals surface area contributed by atoms with E-state index in [2.05, 4.69) is 55.4 Å². The van der Waals surface area contributed by atoms with Crippen molar-refractivity contribution in [1.82, 2.24) is 5.32 Å². The van der Waals surface area contributed by atoms with Crippen LogP contribution >= 0.6 is 0 Å². The minimum absolute atomic E-state index is 0.305. The summed E-state index contributed by atoms with van der Waals surface area (Å²) in [4.78, 5) is 2.32. The first-order valence-corrected chi connectivity index (χ1v) is 7.75. The Morgan fingerprint density at radius 3 is 2.60 bits per heavy atom. The first kappa shape index (κ1) is 17.0. The van der Waals surface area contributed by atoms with E-state index in [0.717, 1.165) is 38.9 Å². The fourth-order valence-corrected chi connectivity index (χ4v) is 2.29. The zero-order valence-electron chi connectivity index (χ0n) is 13.2. The zero-order chi connectivity index (χ0) is 14.8. The predicted octanol–water partition coefficient (Wildman–Crippen LogP) is 3.03. The van der Waals surface area contributed by atoms with Gasteiger partial charge in [0.1, 0.15) is 0 Å². The molecule has 20 heavy (non-hydrogen) atoms. The summed E-state index contributed by atoms with van der Waals surface area (Å²) >= 11 is 0. The Kier molecular flexibility index (Phi) is 8.31. The summed E-state index contributed by atoms with van der Waals surface area (Å²) in [5.74, 6) is 0.679. The standard InChI is InChI=1S/C17H30N2O/c1-15(2)13-18-14-16-9-5-6-10-17(16)19(3)11-7-4-8-12-20/h5-6,9-10,15,18,20H,4,7-8,11-14H2,1-3H3. The lowest BCUT2D eigenvalue weighted by Crippen LogP contribution is -2.23. The number of unbranched alkanes of at least 4 members (excludes halogenated alkanes) is 2. The molecular formula is C17H30N2O. The number of hydrogen-bond acceptors (Lipinski definition) is 3. The molecule has 0 aliphatic rings. The van der Waals surface area contributed by atoms with E-state index < -0.39 is 0 Å². The summed E-state index contributed by atoms with van der Waals surface area (Å²) in [6.45, 7) is 7.78. The Bertz CT molecular complexity index is 366. The molecule has 3 heteroatoms. The highest BCUT2D eigenvalue weighted by molar-refractivity contribution is 5.52. The first-order chi connectivity index (χ1) is 9.65. The molecular weight excluding hydrogens is 248 g/mol. The summed E-state index contributed by atoms with van der Waals surface area (Å²) in [5, 5.41) is 12.3. The minimum atomic E-state index is 0.305. The third kappa shape index (κ3) is 6.40. The lowest BCUT2D eigenvalue weighted by Gasteiger charge is -2.23. The van der Waals surface area contributed by atoms with Gasteiger partial charge < -0.3 is 15.3 Å². The third-order valence-corrected chi connectivity index (χ3v) is 3.42. The molecule has 114 valence electrons. The first-order valence-electron chi connectivity index (χ1n) is 7.75. The molecule has 0 atom stereocenters. The van der Waals surface area contributed by atoms with Gasteiger partial charge >= 0.3 is 0 Å². The van der Waals surface area contributed by atoms with E-state index in [1.165, 1.54) is 11.3 Å². The van der Waals surface area contributed by atoms with Gasteiger partial charge in [-0.05, 0) is 43.4 Å². The van der Waals surface area contributed by atoms with E-state index in [9.17, 15) is 0 Å². The SMILES string of the molecule is CC(C)CNCc1ccccc1N(C)CCCCCO. The second-order valence-electron chi connectivity index (χ2n) is 5.86. The predicted molar refractivity (Wildman–Crippen MR) is 87.2 cm³/mol. The van der Waals surface area contributed by atoms with Gasteiger partial charge in [-0.3, -0.25) is 0 Å². The number of nitrogens with one attached hydrogen (secondary N) is 1. The maximum absolute atomic E-state index is 8.81. The van der Waals surface area contributed by atoms with Crippen LogP contribution in [0.4, 0.5) is 5.69 Å². The third-order valence-electron chi connectivity index (χ3n) is 3.42. The molecule has 2 N–H and O–H groups in total. The number of para-hydroxylation sites is 1. The van der Waals surface area contributed by atoms with Crippen LogP contribution in [0.3, 0.4) is 0 Å². The molecule has 1 aromatic rings. The quantitative estimate of drug-likeness (QED) is 0.646. The Balaban J connectivity index is 2.50. The summed E-state index contributed by atoms with van der Waals surface area (Å²) in [7, 11) is 2.15. The molecule has 0 saturated heterocycles. The van der Waals surface area contributed by atoms with Crippen molar-refractivity contribution < 1.29 is 5.11 Å². The van der Waals surface area contributed by atoms with Crippen molar-refractivity contribution in [3.05, 3.63) is 29.8 Å². The summed E-state index contributed by atoms with van der Waals surface area (Å²) < 4.78 is 0. The normalized spacial score (nSPS) is 11.1. The zero-order valence-corrected chi connectivity index (χ0v) is 13.2. The smallest absolute Gasteiger partial charge is 0.0431 e. The molecule has 0 aliphatic heterocycles. The molecule has 0 spiro atoms. The van der Waals surface area contributed by atoms with Gasteiger partial charge in [0, 0.05) is 32.4 Å². The van der Waals surface area contributed by atoms with Crippen LogP contribution in [0.25, 0.3) is 0 Å². The van der Waals surface area contributed by atoms with Crippen LogP contribution in [0, 0.1) is 5.92 Å². The molecule has 0 unspecified atom stereocenters. The van der Waals surface area contributed by atoms with Gasteiger partial charge in [0.05, 0.1) is 0 Å². The Morgan fingerprint density at radius 2 is 1.90 bits per heavy atom. The highest BCUT2D eigenvalue weighted by Gasteiger charge is 2.06. The molecule has 0 fully saturated rings.